The molecule has 3 aromatic heterocycles. The van der Waals surface area contributed by atoms with E-state index >= 15 is 0 Å². The first kappa shape index (κ1) is 15.7. The summed E-state index contributed by atoms with van der Waals surface area (Å²) in [7, 11) is 0. The minimum atomic E-state index is 0.726. The molecule has 0 fully saturated rings. The highest BCUT2D eigenvalue weighted by molar-refractivity contribution is 7.18. The quantitative estimate of drug-likeness (QED) is 0.596. The highest BCUT2D eigenvalue weighted by Crippen LogP contribution is 2.32. The lowest BCUT2D eigenvalue weighted by molar-refractivity contribution is 0.684. The largest absolute Gasteiger partial charge is 0.365 e. The number of thiophene rings is 1. The van der Waals surface area contributed by atoms with Crippen LogP contribution < -0.4 is 5.32 Å². The normalized spacial score (nSPS) is 11.1. The van der Waals surface area contributed by atoms with Crippen molar-refractivity contribution in [3.8, 4) is 0 Å². The summed E-state index contributed by atoms with van der Waals surface area (Å²) in [6.07, 6.45) is 4.90. The number of aryl methyl sites for hydroxylation is 2. The monoisotopic (exact) mass is 350 g/mol. The topological polar surface area (TPSA) is 68.5 Å². The Balaban J connectivity index is 1.48. The van der Waals surface area contributed by atoms with E-state index in [0.717, 1.165) is 29.1 Å². The smallest absolute Gasteiger partial charge is 0.138 e. The molecule has 126 valence electrons. The maximum absolute atomic E-state index is 4.43. The summed E-state index contributed by atoms with van der Waals surface area (Å²) in [6.45, 7) is 5.71. The van der Waals surface area contributed by atoms with Gasteiger partial charge >= 0.3 is 0 Å². The van der Waals surface area contributed by atoms with Crippen LogP contribution >= 0.6 is 11.3 Å². The predicted molar refractivity (Wildman–Crippen MR) is 99.8 cm³/mol. The summed E-state index contributed by atoms with van der Waals surface area (Å²) in [5, 5.41) is 8.71. The van der Waals surface area contributed by atoms with Gasteiger partial charge < -0.3 is 5.32 Å². The van der Waals surface area contributed by atoms with E-state index in [2.05, 4.69) is 63.5 Å². The number of nitrogens with one attached hydrogen (secondary N) is 1. The van der Waals surface area contributed by atoms with Crippen molar-refractivity contribution in [2.75, 3.05) is 5.32 Å². The Bertz CT molecular complexity index is 989. The molecule has 0 saturated carbocycles. The van der Waals surface area contributed by atoms with Crippen LogP contribution in [-0.2, 0) is 13.1 Å². The van der Waals surface area contributed by atoms with E-state index in [0.29, 0.717) is 0 Å². The lowest BCUT2D eigenvalue weighted by Crippen LogP contribution is -2.03. The van der Waals surface area contributed by atoms with Gasteiger partial charge in [-0.15, -0.1) is 11.3 Å². The summed E-state index contributed by atoms with van der Waals surface area (Å²) >= 11 is 1.71. The van der Waals surface area contributed by atoms with E-state index in [9.17, 15) is 0 Å². The van der Waals surface area contributed by atoms with E-state index in [-0.39, 0.29) is 0 Å². The zero-order valence-corrected chi connectivity index (χ0v) is 14.9. The van der Waals surface area contributed by atoms with E-state index in [1.165, 1.54) is 21.6 Å². The maximum Gasteiger partial charge on any atom is 0.138 e. The van der Waals surface area contributed by atoms with Gasteiger partial charge in [-0.05, 0) is 30.5 Å². The number of aromatic nitrogens is 5. The molecule has 25 heavy (non-hydrogen) atoms. The second-order valence-corrected chi connectivity index (χ2v) is 7.15. The number of hydrogen-bond acceptors (Lipinski definition) is 6. The molecule has 4 rings (SSSR count). The van der Waals surface area contributed by atoms with Gasteiger partial charge in [0.1, 0.15) is 29.6 Å². The Kier molecular flexibility index (Phi) is 4.15. The molecule has 0 saturated heterocycles. The highest BCUT2D eigenvalue weighted by atomic mass is 32.1. The van der Waals surface area contributed by atoms with Gasteiger partial charge in [-0.3, -0.25) is 0 Å². The van der Waals surface area contributed by atoms with E-state index in [1.807, 2.05) is 4.68 Å². The van der Waals surface area contributed by atoms with Crippen molar-refractivity contribution in [3.63, 3.8) is 0 Å². The van der Waals surface area contributed by atoms with Gasteiger partial charge in [-0.1, -0.05) is 24.3 Å². The molecule has 0 atom stereocenters. The molecule has 0 aliphatic rings. The third kappa shape index (κ3) is 3.23. The van der Waals surface area contributed by atoms with Crippen molar-refractivity contribution in [1.82, 2.24) is 24.7 Å². The van der Waals surface area contributed by atoms with Gasteiger partial charge in [0.25, 0.3) is 0 Å². The SMILES string of the molecule is Cc1sc2ncnc(NCc3ccc(Cn4cncn4)cc3)c2c1C. The van der Waals surface area contributed by atoms with Crippen molar-refractivity contribution in [3.05, 3.63) is 64.8 Å². The molecule has 0 aliphatic heterocycles. The van der Waals surface area contributed by atoms with Crippen LogP contribution in [0.4, 0.5) is 5.82 Å². The van der Waals surface area contributed by atoms with E-state index in [1.54, 1.807) is 30.3 Å². The maximum atomic E-state index is 4.43. The average molecular weight is 350 g/mol. The van der Waals surface area contributed by atoms with E-state index < -0.39 is 0 Å². The molecule has 1 N–H and O–H groups in total. The summed E-state index contributed by atoms with van der Waals surface area (Å²) in [4.78, 5) is 15.1. The Labute approximate surface area is 149 Å². The highest BCUT2D eigenvalue weighted by Gasteiger charge is 2.11. The second-order valence-electron chi connectivity index (χ2n) is 5.95. The molecule has 1 aromatic carbocycles. The lowest BCUT2D eigenvalue weighted by Gasteiger charge is -2.08. The van der Waals surface area contributed by atoms with Crippen molar-refractivity contribution < 1.29 is 0 Å². The zero-order valence-electron chi connectivity index (χ0n) is 14.1. The average Bonchev–Trinajstić information content (AvgIpc) is 3.23. The second kappa shape index (κ2) is 6.60. The Hall–Kier alpha value is -2.80. The van der Waals surface area contributed by atoms with Gasteiger partial charge in [0.2, 0.25) is 0 Å². The third-order valence-electron chi connectivity index (χ3n) is 4.26. The predicted octanol–water partition coefficient (Wildman–Crippen LogP) is 3.56. The van der Waals surface area contributed by atoms with Crippen LogP contribution in [0.1, 0.15) is 21.6 Å². The zero-order chi connectivity index (χ0) is 17.2. The van der Waals surface area contributed by atoms with Gasteiger partial charge in [-0.25, -0.2) is 19.6 Å². The van der Waals surface area contributed by atoms with Crippen molar-refractivity contribution in [2.45, 2.75) is 26.9 Å². The number of fused-ring (bicyclic) bond motifs is 1. The number of hydrogen-bond donors (Lipinski definition) is 1. The molecule has 3 heterocycles. The molecule has 0 bridgehead atoms. The molecule has 6 nitrogen and oxygen atoms in total. The fourth-order valence-corrected chi connectivity index (χ4v) is 3.76. The summed E-state index contributed by atoms with van der Waals surface area (Å²) in [5.41, 5.74) is 3.66. The molecule has 4 aromatic rings. The summed E-state index contributed by atoms with van der Waals surface area (Å²) in [5.74, 6) is 0.901. The number of nitrogens with zero attached hydrogens (tertiary/aromatic N) is 5. The summed E-state index contributed by atoms with van der Waals surface area (Å²) in [6, 6.07) is 8.50. The van der Waals surface area contributed by atoms with Gasteiger partial charge in [0.15, 0.2) is 0 Å². The van der Waals surface area contributed by atoms with Crippen molar-refractivity contribution in [2.24, 2.45) is 0 Å². The lowest BCUT2D eigenvalue weighted by atomic mass is 10.1. The van der Waals surface area contributed by atoms with Crippen LogP contribution in [0, 0.1) is 13.8 Å². The molecular weight excluding hydrogens is 332 g/mol. The molecule has 0 spiro atoms. The van der Waals surface area contributed by atoms with Crippen LogP contribution in [0.15, 0.2) is 43.2 Å². The molecule has 0 radical (unpaired) electrons. The van der Waals surface area contributed by atoms with Crippen LogP contribution in [0.5, 0.6) is 0 Å². The standard InChI is InChI=1S/C18H18N6S/c1-12-13(2)25-18-16(12)17(21-10-22-18)20-7-14-3-5-15(6-4-14)8-24-11-19-9-23-24/h3-6,9-11H,7-8H2,1-2H3,(H,20,21,22). The van der Waals surface area contributed by atoms with Crippen LogP contribution in [0.25, 0.3) is 10.2 Å². The minimum Gasteiger partial charge on any atom is -0.365 e. The molecular formula is C18H18N6S. The fraction of sp³-hybridized carbons (Fsp3) is 0.222. The number of benzene rings is 1. The molecule has 0 unspecified atom stereocenters. The van der Waals surface area contributed by atoms with Crippen molar-refractivity contribution >= 4 is 27.4 Å². The van der Waals surface area contributed by atoms with Crippen LogP contribution in [0.2, 0.25) is 0 Å². The number of anilines is 1. The first-order chi connectivity index (χ1) is 12.2. The first-order valence-electron chi connectivity index (χ1n) is 8.05. The Morgan fingerprint density at radius 2 is 1.84 bits per heavy atom. The molecule has 0 amide bonds. The van der Waals surface area contributed by atoms with E-state index in [4.69, 9.17) is 0 Å². The van der Waals surface area contributed by atoms with Gasteiger partial charge in [0, 0.05) is 11.4 Å². The molecule has 7 heteroatoms. The summed E-state index contributed by atoms with van der Waals surface area (Å²) < 4.78 is 1.81. The Morgan fingerprint density at radius 1 is 1.04 bits per heavy atom. The van der Waals surface area contributed by atoms with Gasteiger partial charge in [-0.2, -0.15) is 5.10 Å². The van der Waals surface area contributed by atoms with Crippen LogP contribution in [0.3, 0.4) is 0 Å². The number of rotatable bonds is 5. The Morgan fingerprint density at radius 3 is 2.60 bits per heavy atom. The fourth-order valence-electron chi connectivity index (χ4n) is 2.77. The van der Waals surface area contributed by atoms with Crippen LogP contribution in [-0.4, -0.2) is 24.7 Å². The minimum absolute atomic E-state index is 0.726. The van der Waals surface area contributed by atoms with Gasteiger partial charge in [0.05, 0.1) is 11.9 Å². The third-order valence-corrected chi connectivity index (χ3v) is 5.37. The first-order valence-corrected chi connectivity index (χ1v) is 8.87. The molecule has 0 aliphatic carbocycles. The van der Waals surface area contributed by atoms with Crippen molar-refractivity contribution in [1.29, 1.82) is 0 Å².